The summed E-state index contributed by atoms with van der Waals surface area (Å²) < 4.78 is 0. The highest BCUT2D eigenvalue weighted by atomic mass is 32.2. The molecule has 0 aliphatic heterocycles. The van der Waals surface area contributed by atoms with Gasteiger partial charge in [0.25, 0.3) is 5.69 Å². The monoisotopic (exact) mass is 262 g/mol. The van der Waals surface area contributed by atoms with Gasteiger partial charge in [0.05, 0.1) is 9.82 Å². The second-order valence-corrected chi connectivity index (χ2v) is 4.70. The largest absolute Gasteiger partial charge is 0.507 e. The van der Waals surface area contributed by atoms with E-state index in [-0.39, 0.29) is 11.4 Å². The molecule has 0 bridgehead atoms. The molecule has 6 heteroatoms. The lowest BCUT2D eigenvalue weighted by molar-refractivity contribution is -0.385. The first kappa shape index (κ1) is 12.4. The van der Waals surface area contributed by atoms with E-state index in [4.69, 9.17) is 0 Å². The minimum absolute atomic E-state index is 0.0305. The molecule has 0 atom stereocenters. The van der Waals surface area contributed by atoms with Crippen LogP contribution in [0.3, 0.4) is 0 Å². The first-order valence-electron chi connectivity index (χ1n) is 5.15. The van der Waals surface area contributed by atoms with Crippen molar-refractivity contribution < 1.29 is 10.0 Å². The van der Waals surface area contributed by atoms with Gasteiger partial charge in [-0.2, -0.15) is 0 Å². The van der Waals surface area contributed by atoms with E-state index in [0.29, 0.717) is 15.5 Å². The molecule has 0 fully saturated rings. The van der Waals surface area contributed by atoms with Crippen LogP contribution in [0.2, 0.25) is 0 Å². The standard InChI is InChI=1S/C12H10N2O3S/c1-8-7-13-12(6-9(8)14(16)17)18-11-5-3-2-4-10(11)15/h2-7,15H,1H3. The molecule has 0 spiro atoms. The van der Waals surface area contributed by atoms with Crippen molar-refractivity contribution >= 4 is 17.4 Å². The highest BCUT2D eigenvalue weighted by molar-refractivity contribution is 7.99. The summed E-state index contributed by atoms with van der Waals surface area (Å²) in [6, 6.07) is 8.19. The van der Waals surface area contributed by atoms with Gasteiger partial charge in [-0.05, 0) is 19.1 Å². The summed E-state index contributed by atoms with van der Waals surface area (Å²) in [5.74, 6) is 0.132. The predicted octanol–water partition coefficient (Wildman–Crippen LogP) is 3.16. The Kier molecular flexibility index (Phi) is 3.47. The number of para-hydroxylation sites is 1. The summed E-state index contributed by atoms with van der Waals surface area (Å²) in [5.41, 5.74) is 0.546. The van der Waals surface area contributed by atoms with E-state index in [1.54, 1.807) is 31.2 Å². The van der Waals surface area contributed by atoms with Crippen LogP contribution in [0.4, 0.5) is 5.69 Å². The Balaban J connectivity index is 2.33. The highest BCUT2D eigenvalue weighted by Gasteiger charge is 2.13. The van der Waals surface area contributed by atoms with Gasteiger partial charge in [0.1, 0.15) is 10.8 Å². The van der Waals surface area contributed by atoms with Crippen LogP contribution in [0.25, 0.3) is 0 Å². The molecule has 5 nitrogen and oxygen atoms in total. The van der Waals surface area contributed by atoms with Crippen molar-refractivity contribution in [3.63, 3.8) is 0 Å². The molecule has 0 aliphatic carbocycles. The van der Waals surface area contributed by atoms with Crippen LogP contribution >= 0.6 is 11.8 Å². The molecule has 2 rings (SSSR count). The molecule has 0 unspecified atom stereocenters. The maximum Gasteiger partial charge on any atom is 0.276 e. The molecule has 1 aromatic heterocycles. The minimum Gasteiger partial charge on any atom is -0.507 e. The average molecular weight is 262 g/mol. The minimum atomic E-state index is -0.439. The van der Waals surface area contributed by atoms with Crippen molar-refractivity contribution in [2.75, 3.05) is 0 Å². The van der Waals surface area contributed by atoms with Crippen LogP contribution in [0.1, 0.15) is 5.56 Å². The molecule has 0 amide bonds. The number of nitro groups is 1. The fourth-order valence-electron chi connectivity index (χ4n) is 1.40. The molecular formula is C12H10N2O3S. The topological polar surface area (TPSA) is 76.3 Å². The molecule has 1 aromatic carbocycles. The summed E-state index contributed by atoms with van der Waals surface area (Å²) in [4.78, 5) is 15.1. The molecule has 0 radical (unpaired) electrons. The summed E-state index contributed by atoms with van der Waals surface area (Å²) in [7, 11) is 0. The number of rotatable bonds is 3. The number of aromatic hydroxyl groups is 1. The molecule has 0 aliphatic rings. The number of phenolic OH excluding ortho intramolecular Hbond substituents is 1. The van der Waals surface area contributed by atoms with E-state index in [9.17, 15) is 15.2 Å². The van der Waals surface area contributed by atoms with Crippen LogP contribution in [0.5, 0.6) is 5.75 Å². The Labute approximate surface area is 108 Å². The predicted molar refractivity (Wildman–Crippen MR) is 67.9 cm³/mol. The highest BCUT2D eigenvalue weighted by Crippen LogP contribution is 2.34. The van der Waals surface area contributed by atoms with Gasteiger partial charge in [-0.3, -0.25) is 10.1 Å². The normalized spacial score (nSPS) is 10.3. The third kappa shape index (κ3) is 2.60. The van der Waals surface area contributed by atoms with Crippen molar-refractivity contribution in [1.82, 2.24) is 4.98 Å². The van der Waals surface area contributed by atoms with E-state index in [1.807, 2.05) is 0 Å². The number of phenols is 1. The van der Waals surface area contributed by atoms with Crippen LogP contribution in [-0.4, -0.2) is 15.0 Å². The van der Waals surface area contributed by atoms with Crippen LogP contribution in [0.15, 0.2) is 46.5 Å². The van der Waals surface area contributed by atoms with Gasteiger partial charge < -0.3 is 5.11 Å². The fourth-order valence-corrected chi connectivity index (χ4v) is 2.22. The van der Waals surface area contributed by atoms with Crippen LogP contribution in [-0.2, 0) is 0 Å². The second kappa shape index (κ2) is 5.05. The molecule has 1 heterocycles. The van der Waals surface area contributed by atoms with E-state index in [1.165, 1.54) is 24.0 Å². The second-order valence-electron chi connectivity index (χ2n) is 3.64. The van der Waals surface area contributed by atoms with Crippen molar-refractivity contribution in [2.24, 2.45) is 0 Å². The zero-order valence-corrected chi connectivity index (χ0v) is 10.3. The summed E-state index contributed by atoms with van der Waals surface area (Å²) in [5, 5.41) is 20.9. The van der Waals surface area contributed by atoms with Gasteiger partial charge >= 0.3 is 0 Å². The number of pyridine rings is 1. The van der Waals surface area contributed by atoms with E-state index in [2.05, 4.69) is 4.98 Å². The number of hydrogen-bond acceptors (Lipinski definition) is 5. The van der Waals surface area contributed by atoms with Gasteiger partial charge in [-0.1, -0.05) is 23.9 Å². The zero-order valence-electron chi connectivity index (χ0n) is 9.53. The Morgan fingerprint density at radius 3 is 2.78 bits per heavy atom. The lowest BCUT2D eigenvalue weighted by Gasteiger charge is -2.04. The number of aryl methyl sites for hydroxylation is 1. The van der Waals surface area contributed by atoms with Gasteiger partial charge in [0, 0.05) is 17.8 Å². The number of nitrogens with zero attached hydrogens (tertiary/aromatic N) is 2. The third-order valence-electron chi connectivity index (χ3n) is 2.33. The smallest absolute Gasteiger partial charge is 0.276 e. The van der Waals surface area contributed by atoms with Crippen molar-refractivity contribution in [3.8, 4) is 5.75 Å². The number of benzene rings is 1. The van der Waals surface area contributed by atoms with E-state index < -0.39 is 4.92 Å². The van der Waals surface area contributed by atoms with Crippen LogP contribution < -0.4 is 0 Å². The lowest BCUT2D eigenvalue weighted by Crippen LogP contribution is -1.93. The summed E-state index contributed by atoms with van der Waals surface area (Å²) >= 11 is 1.19. The molecule has 0 saturated heterocycles. The van der Waals surface area contributed by atoms with Crippen molar-refractivity contribution in [1.29, 1.82) is 0 Å². The lowest BCUT2D eigenvalue weighted by atomic mass is 10.3. The fraction of sp³-hybridized carbons (Fsp3) is 0.0833. The molecule has 92 valence electrons. The molecular weight excluding hydrogens is 252 g/mol. The Bertz CT molecular complexity index is 602. The van der Waals surface area contributed by atoms with Crippen LogP contribution in [0, 0.1) is 17.0 Å². The van der Waals surface area contributed by atoms with Gasteiger partial charge in [0.2, 0.25) is 0 Å². The number of aromatic nitrogens is 1. The Morgan fingerprint density at radius 2 is 2.11 bits per heavy atom. The first-order valence-corrected chi connectivity index (χ1v) is 5.96. The van der Waals surface area contributed by atoms with E-state index in [0.717, 1.165) is 0 Å². The van der Waals surface area contributed by atoms with Gasteiger partial charge in [-0.15, -0.1) is 0 Å². The Hall–Kier alpha value is -2.08. The maximum absolute atomic E-state index is 10.8. The molecule has 0 saturated carbocycles. The van der Waals surface area contributed by atoms with Gasteiger partial charge in [0.15, 0.2) is 0 Å². The molecule has 2 aromatic rings. The van der Waals surface area contributed by atoms with Crippen molar-refractivity contribution in [3.05, 3.63) is 52.2 Å². The maximum atomic E-state index is 10.8. The van der Waals surface area contributed by atoms with E-state index >= 15 is 0 Å². The third-order valence-corrected chi connectivity index (χ3v) is 3.32. The first-order chi connectivity index (χ1) is 8.58. The zero-order chi connectivity index (χ0) is 13.1. The quantitative estimate of drug-likeness (QED) is 0.679. The van der Waals surface area contributed by atoms with Gasteiger partial charge in [-0.25, -0.2) is 4.98 Å². The average Bonchev–Trinajstić information content (AvgIpc) is 2.34. The summed E-state index contributed by atoms with van der Waals surface area (Å²) in [6.07, 6.45) is 1.46. The number of hydrogen-bond donors (Lipinski definition) is 1. The van der Waals surface area contributed by atoms with Crippen molar-refractivity contribution in [2.45, 2.75) is 16.8 Å². The molecule has 1 N–H and O–H groups in total. The summed E-state index contributed by atoms with van der Waals surface area (Å²) in [6.45, 7) is 1.64. The molecule has 18 heavy (non-hydrogen) atoms. The Morgan fingerprint density at radius 1 is 1.39 bits per heavy atom. The SMILES string of the molecule is Cc1cnc(Sc2ccccc2O)cc1[N+](=O)[O-].